The molecule has 0 unspecified atom stereocenters. The number of nitrogens with one attached hydrogen (secondary N) is 1. The molecule has 0 atom stereocenters. The summed E-state index contributed by atoms with van der Waals surface area (Å²) in [6, 6.07) is 18.1. The molecule has 4 nitrogen and oxygen atoms in total. The van der Waals surface area contributed by atoms with E-state index in [2.05, 4.69) is 34.5 Å². The molecule has 1 N–H and O–H groups in total. The van der Waals surface area contributed by atoms with Gasteiger partial charge in [0.1, 0.15) is 0 Å². The smallest absolute Gasteiger partial charge is 0.251 e. The Hall–Kier alpha value is -3.01. The van der Waals surface area contributed by atoms with Gasteiger partial charge >= 0.3 is 0 Å². The highest BCUT2D eigenvalue weighted by atomic mass is 16.3. The van der Waals surface area contributed by atoms with E-state index in [1.807, 2.05) is 30.3 Å². The highest BCUT2D eigenvalue weighted by Gasteiger charge is 2.18. The first-order valence-electron chi connectivity index (χ1n) is 8.01. The summed E-state index contributed by atoms with van der Waals surface area (Å²) in [4.78, 5) is 14.5. The Morgan fingerprint density at radius 1 is 1.00 bits per heavy atom. The number of nitrogens with zero attached hydrogens (tertiary/aromatic N) is 1. The second-order valence-electron chi connectivity index (χ2n) is 5.99. The van der Waals surface area contributed by atoms with Gasteiger partial charge in [-0.05, 0) is 41.5 Å². The van der Waals surface area contributed by atoms with E-state index in [0.717, 1.165) is 24.3 Å². The van der Waals surface area contributed by atoms with Crippen molar-refractivity contribution in [3.05, 3.63) is 89.4 Å². The van der Waals surface area contributed by atoms with Crippen molar-refractivity contribution >= 4 is 11.6 Å². The number of benzene rings is 2. The summed E-state index contributed by atoms with van der Waals surface area (Å²) >= 11 is 0. The zero-order chi connectivity index (χ0) is 16.4. The van der Waals surface area contributed by atoms with Gasteiger partial charge in [-0.1, -0.05) is 24.3 Å². The van der Waals surface area contributed by atoms with E-state index in [1.54, 1.807) is 12.5 Å². The molecule has 4 rings (SSSR count). The summed E-state index contributed by atoms with van der Waals surface area (Å²) in [5, 5.41) is 2.89. The van der Waals surface area contributed by atoms with Crippen LogP contribution in [0.15, 0.2) is 71.5 Å². The van der Waals surface area contributed by atoms with Crippen LogP contribution in [0.4, 0.5) is 5.69 Å². The zero-order valence-corrected chi connectivity index (χ0v) is 13.2. The number of anilines is 1. The summed E-state index contributed by atoms with van der Waals surface area (Å²) in [7, 11) is 0. The molecule has 2 aromatic carbocycles. The zero-order valence-electron chi connectivity index (χ0n) is 13.2. The molecule has 0 bridgehead atoms. The van der Waals surface area contributed by atoms with Crippen LogP contribution >= 0.6 is 0 Å². The van der Waals surface area contributed by atoms with Crippen molar-refractivity contribution in [2.75, 3.05) is 4.90 Å². The monoisotopic (exact) mass is 318 g/mol. The van der Waals surface area contributed by atoms with E-state index in [0.29, 0.717) is 12.1 Å². The van der Waals surface area contributed by atoms with Crippen molar-refractivity contribution in [2.45, 2.75) is 19.6 Å². The van der Waals surface area contributed by atoms with Crippen molar-refractivity contribution < 1.29 is 9.21 Å². The molecular weight excluding hydrogens is 300 g/mol. The molecule has 1 aromatic heterocycles. The summed E-state index contributed by atoms with van der Waals surface area (Å²) in [5.74, 6) is -0.0764. The minimum atomic E-state index is -0.0764. The maximum absolute atomic E-state index is 12.2. The van der Waals surface area contributed by atoms with Gasteiger partial charge in [0.05, 0.1) is 12.5 Å². The average molecular weight is 318 g/mol. The number of carbonyl (C=O) groups is 1. The first-order valence-corrected chi connectivity index (χ1v) is 8.01. The number of hydrogen-bond acceptors (Lipinski definition) is 3. The third-order valence-corrected chi connectivity index (χ3v) is 4.37. The van der Waals surface area contributed by atoms with E-state index in [-0.39, 0.29) is 5.91 Å². The van der Waals surface area contributed by atoms with Crippen LogP contribution in [0.1, 0.15) is 27.0 Å². The number of furan rings is 1. The van der Waals surface area contributed by atoms with Gasteiger partial charge in [-0.25, -0.2) is 0 Å². The third-order valence-electron chi connectivity index (χ3n) is 4.37. The van der Waals surface area contributed by atoms with E-state index in [4.69, 9.17) is 4.42 Å². The number of fused-ring (bicyclic) bond motifs is 1. The Morgan fingerprint density at radius 2 is 1.71 bits per heavy atom. The molecule has 0 radical (unpaired) electrons. The predicted molar refractivity (Wildman–Crippen MR) is 92.6 cm³/mol. The molecule has 1 aliphatic heterocycles. The van der Waals surface area contributed by atoms with Crippen LogP contribution in [0.25, 0.3) is 0 Å². The molecule has 120 valence electrons. The second-order valence-corrected chi connectivity index (χ2v) is 5.99. The van der Waals surface area contributed by atoms with Gasteiger partial charge in [-0.2, -0.15) is 0 Å². The molecule has 1 amide bonds. The minimum absolute atomic E-state index is 0.0764. The third kappa shape index (κ3) is 2.91. The van der Waals surface area contributed by atoms with Crippen molar-refractivity contribution in [3.8, 4) is 0 Å². The Balaban J connectivity index is 1.41. The fraction of sp³-hybridized carbons (Fsp3) is 0.150. The van der Waals surface area contributed by atoms with E-state index >= 15 is 0 Å². The normalized spacial score (nSPS) is 12.9. The van der Waals surface area contributed by atoms with Crippen molar-refractivity contribution in [2.24, 2.45) is 0 Å². The Morgan fingerprint density at radius 3 is 2.33 bits per heavy atom. The van der Waals surface area contributed by atoms with Crippen LogP contribution in [0.5, 0.6) is 0 Å². The van der Waals surface area contributed by atoms with Crippen LogP contribution in [0.3, 0.4) is 0 Å². The topological polar surface area (TPSA) is 45.5 Å². The maximum Gasteiger partial charge on any atom is 0.251 e. The van der Waals surface area contributed by atoms with E-state index < -0.39 is 0 Å². The number of hydrogen-bond donors (Lipinski definition) is 1. The molecule has 0 spiro atoms. The number of amides is 1. The fourth-order valence-corrected chi connectivity index (χ4v) is 3.02. The van der Waals surface area contributed by atoms with Crippen LogP contribution < -0.4 is 10.2 Å². The van der Waals surface area contributed by atoms with Crippen LogP contribution in [-0.2, 0) is 19.6 Å². The Labute approximate surface area is 140 Å². The Bertz CT molecular complexity index is 813. The van der Waals surface area contributed by atoms with Crippen LogP contribution in [0, 0.1) is 0 Å². The van der Waals surface area contributed by atoms with Gasteiger partial charge in [0.2, 0.25) is 0 Å². The highest BCUT2D eigenvalue weighted by Crippen LogP contribution is 2.28. The molecule has 4 heteroatoms. The largest absolute Gasteiger partial charge is 0.472 e. The lowest BCUT2D eigenvalue weighted by atomic mass is 10.1. The molecule has 2 heterocycles. The summed E-state index contributed by atoms with van der Waals surface area (Å²) in [6.07, 6.45) is 3.23. The molecule has 1 aliphatic rings. The second kappa shape index (κ2) is 6.24. The maximum atomic E-state index is 12.2. The highest BCUT2D eigenvalue weighted by molar-refractivity contribution is 5.94. The quantitative estimate of drug-likeness (QED) is 0.797. The van der Waals surface area contributed by atoms with Crippen molar-refractivity contribution in [3.63, 3.8) is 0 Å². The molecule has 24 heavy (non-hydrogen) atoms. The van der Waals surface area contributed by atoms with Gasteiger partial charge in [0.25, 0.3) is 5.91 Å². The van der Waals surface area contributed by atoms with Crippen LogP contribution in [0.2, 0.25) is 0 Å². The number of carbonyl (C=O) groups excluding carboxylic acids is 1. The molecule has 3 aromatic rings. The van der Waals surface area contributed by atoms with Gasteiger partial charge in [0, 0.05) is 36.4 Å². The summed E-state index contributed by atoms with van der Waals surface area (Å²) < 4.78 is 5.00. The lowest BCUT2D eigenvalue weighted by Crippen LogP contribution is -2.22. The average Bonchev–Trinajstić information content (AvgIpc) is 3.29. The van der Waals surface area contributed by atoms with Crippen molar-refractivity contribution in [1.29, 1.82) is 0 Å². The van der Waals surface area contributed by atoms with E-state index in [1.165, 1.54) is 11.1 Å². The molecule has 0 aliphatic carbocycles. The summed E-state index contributed by atoms with van der Waals surface area (Å²) in [6.45, 7) is 2.31. The standard InChI is InChI=1S/C20H18N2O2/c23-20(21-11-15-9-10-24-14-15)16-5-7-19(8-6-16)22-12-17-3-1-2-4-18(17)13-22/h1-10,14H,11-13H2,(H,21,23). The predicted octanol–water partition coefficient (Wildman–Crippen LogP) is 3.73. The molecular formula is C20H18N2O2. The van der Waals surface area contributed by atoms with Gasteiger partial charge < -0.3 is 14.6 Å². The first-order chi connectivity index (χ1) is 11.8. The van der Waals surface area contributed by atoms with Gasteiger partial charge in [0.15, 0.2) is 0 Å². The molecule has 0 saturated heterocycles. The first kappa shape index (κ1) is 14.6. The van der Waals surface area contributed by atoms with Gasteiger partial charge in [-0.15, -0.1) is 0 Å². The SMILES string of the molecule is O=C(NCc1ccoc1)c1ccc(N2Cc3ccccc3C2)cc1. The minimum Gasteiger partial charge on any atom is -0.472 e. The van der Waals surface area contributed by atoms with Gasteiger partial charge in [-0.3, -0.25) is 4.79 Å². The Kier molecular flexibility index (Phi) is 3.79. The summed E-state index contributed by atoms with van der Waals surface area (Å²) in [5.41, 5.74) is 5.50. The lowest BCUT2D eigenvalue weighted by Gasteiger charge is -2.18. The van der Waals surface area contributed by atoms with Crippen molar-refractivity contribution in [1.82, 2.24) is 5.32 Å². The van der Waals surface area contributed by atoms with E-state index in [9.17, 15) is 4.79 Å². The molecule has 0 saturated carbocycles. The fourth-order valence-electron chi connectivity index (χ4n) is 3.02. The lowest BCUT2D eigenvalue weighted by molar-refractivity contribution is 0.0951. The van der Waals surface area contributed by atoms with Crippen LogP contribution in [-0.4, -0.2) is 5.91 Å². The number of rotatable bonds is 4. The molecule has 0 fully saturated rings.